The first-order valence-corrected chi connectivity index (χ1v) is 7.96. The van der Waals surface area contributed by atoms with Crippen LogP contribution in [0.1, 0.15) is 5.56 Å². The molecule has 0 radical (unpaired) electrons. The highest BCUT2D eigenvalue weighted by molar-refractivity contribution is 9.10. The first-order chi connectivity index (χ1) is 11.6. The molecule has 4 aromatic rings. The average Bonchev–Trinajstić information content (AvgIpc) is 2.96. The van der Waals surface area contributed by atoms with Gasteiger partial charge >= 0.3 is 11.2 Å². The maximum absolute atomic E-state index is 12.5. The van der Waals surface area contributed by atoms with E-state index in [1.807, 2.05) is 24.3 Å². The van der Waals surface area contributed by atoms with E-state index >= 15 is 0 Å². The molecule has 1 N–H and O–H groups in total. The van der Waals surface area contributed by atoms with Crippen molar-refractivity contribution >= 4 is 38.0 Å². The van der Waals surface area contributed by atoms with Crippen LogP contribution in [0.25, 0.3) is 22.1 Å². The monoisotopic (exact) mass is 386 g/mol. The number of rotatable bonds is 2. The van der Waals surface area contributed by atoms with Gasteiger partial charge in [0.2, 0.25) is 5.58 Å². The smallest absolute Gasteiger partial charge is 0.365 e. The number of aromatic nitrogens is 2. The fraction of sp³-hybridized carbons (Fsp3) is 0.0588. The van der Waals surface area contributed by atoms with Gasteiger partial charge in [-0.2, -0.15) is 0 Å². The number of halogens is 1. The summed E-state index contributed by atoms with van der Waals surface area (Å²) in [4.78, 5) is 24.6. The summed E-state index contributed by atoms with van der Waals surface area (Å²) in [5, 5.41) is 10.5. The predicted molar refractivity (Wildman–Crippen MR) is 92.7 cm³/mol. The Balaban J connectivity index is 2.10. The van der Waals surface area contributed by atoms with Crippen LogP contribution in [0, 0.1) is 0 Å². The lowest BCUT2D eigenvalue weighted by Gasteiger charge is -2.09. The summed E-state index contributed by atoms with van der Waals surface area (Å²) in [6.07, 6.45) is 0. The third kappa shape index (κ3) is 2.16. The van der Waals surface area contributed by atoms with Crippen LogP contribution in [0.5, 0.6) is 0 Å². The van der Waals surface area contributed by atoms with Crippen molar-refractivity contribution in [1.29, 1.82) is 0 Å². The number of hydrogen-bond acceptors (Lipinski definition) is 4. The van der Waals surface area contributed by atoms with E-state index in [2.05, 4.69) is 15.9 Å². The van der Waals surface area contributed by atoms with Crippen molar-refractivity contribution in [3.8, 4) is 0 Å². The van der Waals surface area contributed by atoms with Crippen molar-refractivity contribution in [3.05, 3.63) is 79.4 Å². The maximum Gasteiger partial charge on any atom is 0.365 e. The third-order valence-electron chi connectivity index (χ3n) is 3.87. The van der Waals surface area contributed by atoms with Crippen molar-refractivity contribution in [2.75, 3.05) is 0 Å². The zero-order chi connectivity index (χ0) is 16.8. The standard InChI is InChI=1S/C17H11BrN2O4/c18-11-5-3-4-10(8-11)9-19-14-12-6-1-2-7-13(12)24-15(14)16(21)20(23)17(19)22/h1-8,23H,9H2. The lowest BCUT2D eigenvalue weighted by Crippen LogP contribution is -2.38. The highest BCUT2D eigenvalue weighted by Gasteiger charge is 2.19. The van der Waals surface area contributed by atoms with Gasteiger partial charge < -0.3 is 9.62 Å². The SMILES string of the molecule is O=c1c2oc3ccccc3c2n(Cc2cccc(Br)c2)c(=O)n1O. The summed E-state index contributed by atoms with van der Waals surface area (Å²) in [6, 6.07) is 14.5. The van der Waals surface area contributed by atoms with Crippen LogP contribution in [0.2, 0.25) is 0 Å². The molecule has 0 unspecified atom stereocenters. The minimum Gasteiger partial charge on any atom is -0.448 e. The molecule has 0 saturated heterocycles. The molecule has 120 valence electrons. The van der Waals surface area contributed by atoms with Crippen molar-refractivity contribution in [3.63, 3.8) is 0 Å². The molecule has 0 bridgehead atoms. The number of furan rings is 1. The second-order valence-corrected chi connectivity index (χ2v) is 6.31. The van der Waals surface area contributed by atoms with Crippen LogP contribution in [0.4, 0.5) is 0 Å². The lowest BCUT2D eigenvalue weighted by molar-refractivity contribution is 0.156. The molecule has 6 nitrogen and oxygen atoms in total. The van der Waals surface area contributed by atoms with Crippen molar-refractivity contribution in [1.82, 2.24) is 9.30 Å². The molecule has 2 aromatic carbocycles. The Kier molecular flexibility index (Phi) is 3.31. The van der Waals surface area contributed by atoms with Crippen molar-refractivity contribution in [2.45, 2.75) is 6.54 Å². The minimum atomic E-state index is -0.864. The fourth-order valence-electron chi connectivity index (χ4n) is 2.80. The Morgan fingerprint density at radius 3 is 2.67 bits per heavy atom. The van der Waals surface area contributed by atoms with Gasteiger partial charge in [0.1, 0.15) is 11.1 Å². The first kappa shape index (κ1) is 14.8. The first-order valence-electron chi connectivity index (χ1n) is 7.17. The molecule has 0 aliphatic heterocycles. The van der Waals surface area contributed by atoms with Gasteiger partial charge in [-0.05, 0) is 29.8 Å². The summed E-state index contributed by atoms with van der Waals surface area (Å²) >= 11 is 3.39. The van der Waals surface area contributed by atoms with Gasteiger partial charge in [-0.15, -0.1) is 0 Å². The molecule has 24 heavy (non-hydrogen) atoms. The quantitative estimate of drug-likeness (QED) is 0.537. The third-order valence-corrected chi connectivity index (χ3v) is 4.36. The zero-order valence-electron chi connectivity index (χ0n) is 12.3. The van der Waals surface area contributed by atoms with Crippen LogP contribution in [0.3, 0.4) is 0 Å². The number of hydrogen-bond donors (Lipinski definition) is 1. The Bertz CT molecular complexity index is 1200. The second-order valence-electron chi connectivity index (χ2n) is 5.39. The van der Waals surface area contributed by atoms with E-state index < -0.39 is 11.2 Å². The molecular weight excluding hydrogens is 376 g/mol. The molecule has 0 amide bonds. The predicted octanol–water partition coefficient (Wildman–Crippen LogP) is 2.96. The number of nitrogens with zero attached hydrogens (tertiary/aromatic N) is 2. The largest absolute Gasteiger partial charge is 0.448 e. The fourth-order valence-corrected chi connectivity index (χ4v) is 3.25. The molecule has 0 saturated carbocycles. The Morgan fingerprint density at radius 2 is 1.88 bits per heavy atom. The van der Waals surface area contributed by atoms with Crippen LogP contribution in [0.15, 0.2) is 67.0 Å². The van der Waals surface area contributed by atoms with Gasteiger partial charge in [-0.25, -0.2) is 4.79 Å². The highest BCUT2D eigenvalue weighted by Crippen LogP contribution is 2.26. The Labute approximate surface area is 143 Å². The topological polar surface area (TPSA) is 77.4 Å². The highest BCUT2D eigenvalue weighted by atomic mass is 79.9. The summed E-state index contributed by atoms with van der Waals surface area (Å²) in [7, 11) is 0. The Hall–Kier alpha value is -2.80. The normalized spacial score (nSPS) is 11.4. The minimum absolute atomic E-state index is 0.0479. The van der Waals surface area contributed by atoms with E-state index in [4.69, 9.17) is 4.42 Å². The maximum atomic E-state index is 12.5. The molecule has 4 rings (SSSR count). The van der Waals surface area contributed by atoms with E-state index in [0.717, 1.165) is 10.0 Å². The number of benzene rings is 2. The summed E-state index contributed by atoms with van der Waals surface area (Å²) in [5.74, 6) is 0. The molecule has 2 heterocycles. The van der Waals surface area contributed by atoms with Gasteiger partial charge in [-0.1, -0.05) is 44.9 Å². The molecule has 2 aromatic heterocycles. The average molecular weight is 387 g/mol. The summed E-state index contributed by atoms with van der Waals surface area (Å²) < 4.78 is 7.86. The molecule has 0 spiro atoms. The van der Waals surface area contributed by atoms with Gasteiger partial charge in [0.05, 0.1) is 6.54 Å². The van der Waals surface area contributed by atoms with Gasteiger partial charge in [0, 0.05) is 9.86 Å². The van der Waals surface area contributed by atoms with Crippen LogP contribution < -0.4 is 11.2 Å². The van der Waals surface area contributed by atoms with E-state index in [0.29, 0.717) is 16.5 Å². The van der Waals surface area contributed by atoms with Crippen molar-refractivity contribution in [2.24, 2.45) is 0 Å². The molecule has 0 aliphatic carbocycles. The van der Waals surface area contributed by atoms with Crippen LogP contribution >= 0.6 is 15.9 Å². The van der Waals surface area contributed by atoms with Crippen molar-refractivity contribution < 1.29 is 9.62 Å². The molecule has 0 atom stereocenters. The van der Waals surface area contributed by atoms with Crippen LogP contribution in [-0.4, -0.2) is 14.5 Å². The number of fused-ring (bicyclic) bond motifs is 3. The second kappa shape index (κ2) is 5.38. The summed E-state index contributed by atoms with van der Waals surface area (Å²) in [6.45, 7) is 0.194. The van der Waals surface area contributed by atoms with E-state index in [1.165, 1.54) is 4.57 Å². The van der Waals surface area contributed by atoms with E-state index in [-0.39, 0.29) is 16.9 Å². The van der Waals surface area contributed by atoms with Gasteiger partial charge in [-0.3, -0.25) is 9.36 Å². The van der Waals surface area contributed by atoms with E-state index in [1.54, 1.807) is 24.3 Å². The van der Waals surface area contributed by atoms with Gasteiger partial charge in [0.15, 0.2) is 0 Å². The molecule has 0 aliphatic rings. The number of para-hydroxylation sites is 1. The van der Waals surface area contributed by atoms with E-state index in [9.17, 15) is 14.8 Å². The van der Waals surface area contributed by atoms with Gasteiger partial charge in [0.25, 0.3) is 0 Å². The van der Waals surface area contributed by atoms with Crippen LogP contribution in [-0.2, 0) is 6.54 Å². The molecule has 0 fully saturated rings. The zero-order valence-corrected chi connectivity index (χ0v) is 13.9. The summed E-state index contributed by atoms with van der Waals surface area (Å²) in [5.41, 5.74) is -0.00945. The lowest BCUT2D eigenvalue weighted by atomic mass is 10.2. The molecule has 7 heteroatoms. The molecular formula is C17H11BrN2O4. The Morgan fingerprint density at radius 1 is 1.08 bits per heavy atom.